The van der Waals surface area contributed by atoms with E-state index in [2.05, 4.69) is 11.9 Å². The van der Waals surface area contributed by atoms with Crippen LogP contribution in [0.3, 0.4) is 0 Å². The predicted octanol–water partition coefficient (Wildman–Crippen LogP) is 1.28. The molecule has 62 valence electrons. The van der Waals surface area contributed by atoms with Gasteiger partial charge in [-0.15, -0.1) is 18.2 Å². The monoisotopic (exact) mass is 175 g/mol. The second kappa shape index (κ2) is 3.62. The fraction of sp³-hybridized carbons (Fsp3) is 0.571. The molecular weight excluding hydrogens is 166 g/mol. The average Bonchev–Trinajstić information content (AvgIpc) is 2.32. The van der Waals surface area contributed by atoms with E-state index in [1.807, 2.05) is 0 Å². The van der Waals surface area contributed by atoms with Gasteiger partial charge in [-0.25, -0.2) is 4.79 Å². The van der Waals surface area contributed by atoms with Gasteiger partial charge in [0.25, 0.3) is 0 Å². The zero-order valence-electron chi connectivity index (χ0n) is 6.05. The van der Waals surface area contributed by atoms with E-state index in [9.17, 15) is 4.79 Å². The van der Waals surface area contributed by atoms with Crippen molar-refractivity contribution in [3.8, 4) is 0 Å². The van der Waals surface area contributed by atoms with Gasteiger partial charge in [-0.3, -0.25) is 0 Å². The van der Waals surface area contributed by atoms with E-state index in [4.69, 9.17) is 16.3 Å². The minimum absolute atomic E-state index is 0.0674. The molecule has 0 aromatic carbocycles. The third kappa shape index (κ3) is 1.87. The van der Waals surface area contributed by atoms with Crippen LogP contribution in [0.2, 0.25) is 0 Å². The van der Waals surface area contributed by atoms with E-state index in [0.29, 0.717) is 12.3 Å². The number of carbonyl (C=O) groups excluding carboxylic acids is 1. The summed E-state index contributed by atoms with van der Waals surface area (Å²) in [6.07, 6.45) is 1.83. The quantitative estimate of drug-likeness (QED) is 0.519. The number of carbonyl (C=O) groups is 1. The average molecular weight is 176 g/mol. The van der Waals surface area contributed by atoms with Crippen LogP contribution in [0.4, 0.5) is 4.79 Å². The maximum atomic E-state index is 10.7. The van der Waals surface area contributed by atoms with E-state index in [0.717, 1.165) is 0 Å². The van der Waals surface area contributed by atoms with Crippen LogP contribution >= 0.6 is 11.6 Å². The molecule has 0 aromatic heterocycles. The SMILES string of the molecule is C=CCC1OC(=O)NC1CCl. The van der Waals surface area contributed by atoms with E-state index < -0.39 is 0 Å². The highest BCUT2D eigenvalue weighted by Crippen LogP contribution is 2.13. The molecule has 1 aliphatic heterocycles. The summed E-state index contributed by atoms with van der Waals surface area (Å²) in [5.74, 6) is 0.379. The molecule has 2 atom stereocenters. The van der Waals surface area contributed by atoms with E-state index in [-0.39, 0.29) is 18.2 Å². The number of alkyl carbamates (subject to hydrolysis) is 1. The molecule has 0 saturated carbocycles. The number of halogens is 1. The summed E-state index contributed by atoms with van der Waals surface area (Å²) in [6, 6.07) is -0.0674. The van der Waals surface area contributed by atoms with Crippen molar-refractivity contribution in [3.63, 3.8) is 0 Å². The summed E-state index contributed by atoms with van der Waals surface area (Å²) in [6.45, 7) is 3.56. The van der Waals surface area contributed by atoms with Gasteiger partial charge < -0.3 is 10.1 Å². The maximum Gasteiger partial charge on any atom is 0.407 e. The van der Waals surface area contributed by atoms with Crippen LogP contribution in [0, 0.1) is 0 Å². The Morgan fingerprint density at radius 2 is 2.55 bits per heavy atom. The molecule has 1 heterocycles. The molecule has 1 fully saturated rings. The normalized spacial score (nSPS) is 29.4. The van der Waals surface area contributed by atoms with Crippen LogP contribution in [0.5, 0.6) is 0 Å². The number of hydrogen-bond acceptors (Lipinski definition) is 2. The zero-order valence-corrected chi connectivity index (χ0v) is 6.80. The first kappa shape index (κ1) is 8.40. The van der Waals surface area contributed by atoms with Crippen LogP contribution in [-0.4, -0.2) is 24.1 Å². The Morgan fingerprint density at radius 1 is 1.82 bits per heavy atom. The van der Waals surface area contributed by atoms with Gasteiger partial charge in [-0.05, 0) is 0 Å². The highest BCUT2D eigenvalue weighted by Gasteiger charge is 2.31. The van der Waals surface area contributed by atoms with Gasteiger partial charge in [0.15, 0.2) is 0 Å². The Labute approximate surface area is 70.4 Å². The molecule has 1 saturated heterocycles. The Balaban J connectivity index is 2.49. The molecule has 0 aliphatic carbocycles. The van der Waals surface area contributed by atoms with E-state index in [1.54, 1.807) is 6.08 Å². The summed E-state index contributed by atoms with van der Waals surface area (Å²) in [4.78, 5) is 10.7. The maximum absolute atomic E-state index is 10.7. The van der Waals surface area contributed by atoms with Crippen molar-refractivity contribution in [2.75, 3.05) is 5.88 Å². The standard InChI is InChI=1S/C7H10ClNO2/c1-2-3-6-5(4-8)9-7(10)11-6/h2,5-6H,1,3-4H2,(H,9,10). The lowest BCUT2D eigenvalue weighted by Gasteiger charge is -2.10. The fourth-order valence-corrected chi connectivity index (χ4v) is 1.29. The minimum Gasteiger partial charge on any atom is -0.444 e. The lowest BCUT2D eigenvalue weighted by molar-refractivity contribution is 0.135. The van der Waals surface area contributed by atoms with Crippen molar-refractivity contribution in [1.82, 2.24) is 5.32 Å². The molecule has 0 radical (unpaired) electrons. The molecule has 1 aliphatic rings. The molecule has 3 nitrogen and oxygen atoms in total. The number of nitrogens with one attached hydrogen (secondary N) is 1. The lowest BCUT2D eigenvalue weighted by Crippen LogP contribution is -2.32. The van der Waals surface area contributed by atoms with Crippen molar-refractivity contribution < 1.29 is 9.53 Å². The van der Waals surface area contributed by atoms with Gasteiger partial charge in [-0.2, -0.15) is 0 Å². The van der Waals surface area contributed by atoms with Crippen molar-refractivity contribution in [3.05, 3.63) is 12.7 Å². The molecular formula is C7H10ClNO2. The molecule has 0 bridgehead atoms. The van der Waals surface area contributed by atoms with Gasteiger partial charge in [0.05, 0.1) is 6.04 Å². The Morgan fingerprint density at radius 3 is 3.09 bits per heavy atom. The first-order valence-corrected chi connectivity index (χ1v) is 3.95. The summed E-state index contributed by atoms with van der Waals surface area (Å²) in [5.41, 5.74) is 0. The Kier molecular flexibility index (Phi) is 2.76. The Hall–Kier alpha value is -0.700. The molecule has 4 heteroatoms. The molecule has 11 heavy (non-hydrogen) atoms. The van der Waals surface area contributed by atoms with Crippen molar-refractivity contribution >= 4 is 17.7 Å². The smallest absolute Gasteiger partial charge is 0.407 e. The van der Waals surface area contributed by atoms with Crippen LogP contribution in [0.25, 0.3) is 0 Å². The second-order valence-corrected chi connectivity index (χ2v) is 2.68. The minimum atomic E-state index is -0.387. The predicted molar refractivity (Wildman–Crippen MR) is 42.7 cm³/mol. The fourth-order valence-electron chi connectivity index (χ4n) is 1.01. The van der Waals surface area contributed by atoms with Gasteiger partial charge in [0.1, 0.15) is 6.10 Å². The van der Waals surface area contributed by atoms with E-state index >= 15 is 0 Å². The summed E-state index contributed by atoms with van der Waals surface area (Å²) < 4.78 is 4.90. The largest absolute Gasteiger partial charge is 0.444 e. The first-order valence-electron chi connectivity index (χ1n) is 3.42. The first-order chi connectivity index (χ1) is 5.27. The highest BCUT2D eigenvalue weighted by atomic mass is 35.5. The van der Waals surface area contributed by atoms with Gasteiger partial charge >= 0.3 is 6.09 Å². The third-order valence-corrected chi connectivity index (χ3v) is 1.91. The summed E-state index contributed by atoms with van der Waals surface area (Å²) >= 11 is 5.57. The molecule has 0 aromatic rings. The second-order valence-electron chi connectivity index (χ2n) is 2.37. The van der Waals surface area contributed by atoms with Crippen LogP contribution < -0.4 is 5.32 Å². The molecule has 2 unspecified atom stereocenters. The molecule has 1 rings (SSSR count). The summed E-state index contributed by atoms with van der Waals surface area (Å²) in [7, 11) is 0. The molecule has 0 spiro atoms. The van der Waals surface area contributed by atoms with E-state index in [1.165, 1.54) is 0 Å². The van der Waals surface area contributed by atoms with Crippen molar-refractivity contribution in [1.29, 1.82) is 0 Å². The number of hydrogen-bond donors (Lipinski definition) is 1. The zero-order chi connectivity index (χ0) is 8.27. The van der Waals surface area contributed by atoms with Crippen molar-refractivity contribution in [2.24, 2.45) is 0 Å². The van der Waals surface area contributed by atoms with Crippen LogP contribution in [0.1, 0.15) is 6.42 Å². The summed E-state index contributed by atoms with van der Waals surface area (Å²) in [5, 5.41) is 2.60. The van der Waals surface area contributed by atoms with Gasteiger partial charge in [0.2, 0.25) is 0 Å². The highest BCUT2D eigenvalue weighted by molar-refractivity contribution is 6.18. The van der Waals surface area contributed by atoms with Crippen molar-refractivity contribution in [2.45, 2.75) is 18.6 Å². The topological polar surface area (TPSA) is 38.3 Å². The number of cyclic esters (lactones) is 1. The lowest BCUT2D eigenvalue weighted by atomic mass is 10.1. The number of ether oxygens (including phenoxy) is 1. The molecule has 1 amide bonds. The number of amides is 1. The van der Waals surface area contributed by atoms with Crippen LogP contribution in [0.15, 0.2) is 12.7 Å². The van der Waals surface area contributed by atoms with Gasteiger partial charge in [-0.1, -0.05) is 6.08 Å². The number of rotatable bonds is 3. The third-order valence-electron chi connectivity index (χ3n) is 1.58. The van der Waals surface area contributed by atoms with Gasteiger partial charge in [0, 0.05) is 12.3 Å². The molecule has 1 N–H and O–H groups in total. The number of alkyl halides is 1. The van der Waals surface area contributed by atoms with Crippen LogP contribution in [-0.2, 0) is 4.74 Å². The Bertz CT molecular complexity index is 172.